The van der Waals surface area contributed by atoms with Crippen molar-refractivity contribution in [1.82, 2.24) is 4.90 Å². The Morgan fingerprint density at radius 1 is 1.27 bits per heavy atom. The van der Waals surface area contributed by atoms with E-state index in [1.165, 1.54) is 0 Å². The van der Waals surface area contributed by atoms with Crippen molar-refractivity contribution in [2.24, 2.45) is 10.7 Å². The molecule has 0 radical (unpaired) electrons. The summed E-state index contributed by atoms with van der Waals surface area (Å²) in [6, 6.07) is 2.52. The zero-order valence-electron chi connectivity index (χ0n) is 11.6. The zero-order valence-corrected chi connectivity index (χ0v) is 13.9. The van der Waals surface area contributed by atoms with E-state index in [1.807, 2.05) is 0 Å². The molecule has 1 heterocycles. The van der Waals surface area contributed by atoms with E-state index in [9.17, 15) is 17.6 Å². The Hall–Kier alpha value is -1.10. The topological polar surface area (TPSA) is 50.8 Å². The Labute approximate surface area is 142 Å². The van der Waals surface area contributed by atoms with Crippen molar-refractivity contribution in [2.45, 2.75) is 12.7 Å². The number of guanidine groups is 1. The van der Waals surface area contributed by atoms with E-state index in [4.69, 9.17) is 10.5 Å². The molecule has 2 rings (SSSR count). The third-order valence-electron chi connectivity index (χ3n) is 3.12. The predicted octanol–water partition coefficient (Wildman–Crippen LogP) is 2.61. The fourth-order valence-electron chi connectivity index (χ4n) is 2.01. The maximum atomic E-state index is 13.0. The Morgan fingerprint density at radius 3 is 2.50 bits per heavy atom. The van der Waals surface area contributed by atoms with Crippen LogP contribution in [0.4, 0.5) is 17.6 Å². The molecular weight excluding hydrogens is 417 g/mol. The highest BCUT2D eigenvalue weighted by Crippen LogP contribution is 2.32. The highest BCUT2D eigenvalue weighted by Gasteiger charge is 2.33. The third kappa shape index (κ3) is 4.97. The lowest BCUT2D eigenvalue weighted by atomic mass is 10.1. The summed E-state index contributed by atoms with van der Waals surface area (Å²) in [6.07, 6.45) is -4.62. The molecule has 1 fully saturated rings. The van der Waals surface area contributed by atoms with Gasteiger partial charge in [0.15, 0.2) is 5.96 Å². The van der Waals surface area contributed by atoms with Gasteiger partial charge in [-0.05, 0) is 17.7 Å². The number of aliphatic imine (C=N–C) groups is 1. The van der Waals surface area contributed by atoms with E-state index < -0.39 is 17.6 Å². The number of alkyl halides is 3. The van der Waals surface area contributed by atoms with Gasteiger partial charge in [-0.2, -0.15) is 13.2 Å². The van der Waals surface area contributed by atoms with Crippen molar-refractivity contribution in [3.05, 3.63) is 35.1 Å². The first-order valence-electron chi connectivity index (χ1n) is 6.36. The van der Waals surface area contributed by atoms with Gasteiger partial charge in [0, 0.05) is 13.1 Å². The molecule has 124 valence electrons. The van der Waals surface area contributed by atoms with Crippen molar-refractivity contribution < 1.29 is 22.3 Å². The highest BCUT2D eigenvalue weighted by molar-refractivity contribution is 14.0. The smallest absolute Gasteiger partial charge is 0.378 e. The number of benzene rings is 1. The minimum atomic E-state index is -4.62. The number of hydrogen-bond donors (Lipinski definition) is 1. The maximum Gasteiger partial charge on any atom is 0.416 e. The van der Waals surface area contributed by atoms with Crippen molar-refractivity contribution in [2.75, 3.05) is 26.3 Å². The Morgan fingerprint density at radius 2 is 1.91 bits per heavy atom. The van der Waals surface area contributed by atoms with Crippen LogP contribution in [-0.4, -0.2) is 37.2 Å². The molecule has 22 heavy (non-hydrogen) atoms. The average molecular weight is 433 g/mol. The van der Waals surface area contributed by atoms with Crippen LogP contribution >= 0.6 is 24.0 Å². The summed E-state index contributed by atoms with van der Waals surface area (Å²) in [6.45, 7) is 1.84. The van der Waals surface area contributed by atoms with Gasteiger partial charge in [-0.15, -0.1) is 24.0 Å². The number of morpholine rings is 1. The summed E-state index contributed by atoms with van der Waals surface area (Å²) in [5.74, 6) is -0.771. The van der Waals surface area contributed by atoms with Crippen molar-refractivity contribution in [3.8, 4) is 0 Å². The van der Waals surface area contributed by atoms with Crippen molar-refractivity contribution in [3.63, 3.8) is 0 Å². The summed E-state index contributed by atoms with van der Waals surface area (Å²) in [7, 11) is 0. The minimum absolute atomic E-state index is 0. The van der Waals surface area contributed by atoms with Gasteiger partial charge in [0.05, 0.1) is 25.3 Å². The number of hydrogen-bond acceptors (Lipinski definition) is 2. The standard InChI is InChI=1S/C13H15F4N3O.HI/c14-10-2-1-9(11(7-10)13(15,16)17)8-19-12(18)20-3-5-21-6-4-20;/h1-2,7H,3-6,8H2,(H2,18,19);1H. The molecule has 0 aliphatic carbocycles. The van der Waals surface area contributed by atoms with Crippen molar-refractivity contribution >= 4 is 29.9 Å². The molecule has 0 bridgehead atoms. The van der Waals surface area contributed by atoms with E-state index in [2.05, 4.69) is 4.99 Å². The van der Waals surface area contributed by atoms with E-state index in [0.717, 1.165) is 12.1 Å². The van der Waals surface area contributed by atoms with Crippen LogP contribution in [0.15, 0.2) is 23.2 Å². The second-order valence-electron chi connectivity index (χ2n) is 4.57. The van der Waals surface area contributed by atoms with Gasteiger partial charge in [0.1, 0.15) is 5.82 Å². The molecule has 0 unspecified atom stereocenters. The molecule has 2 N–H and O–H groups in total. The molecule has 1 aromatic carbocycles. The summed E-state index contributed by atoms with van der Waals surface area (Å²) in [4.78, 5) is 5.70. The average Bonchev–Trinajstić information content (AvgIpc) is 2.45. The third-order valence-corrected chi connectivity index (χ3v) is 3.12. The molecule has 4 nitrogen and oxygen atoms in total. The largest absolute Gasteiger partial charge is 0.416 e. The van der Waals surface area contributed by atoms with E-state index >= 15 is 0 Å². The lowest BCUT2D eigenvalue weighted by Gasteiger charge is -2.27. The second kappa shape index (κ2) is 7.95. The van der Waals surface area contributed by atoms with Crippen LogP contribution in [0.5, 0.6) is 0 Å². The van der Waals surface area contributed by atoms with Crippen LogP contribution in [0, 0.1) is 5.82 Å². The number of nitrogens with zero attached hydrogens (tertiary/aromatic N) is 2. The summed E-state index contributed by atoms with van der Waals surface area (Å²) in [5, 5.41) is 0. The number of ether oxygens (including phenoxy) is 1. The number of rotatable bonds is 2. The lowest BCUT2D eigenvalue weighted by molar-refractivity contribution is -0.138. The molecule has 1 saturated heterocycles. The fourth-order valence-corrected chi connectivity index (χ4v) is 2.01. The van der Waals surface area contributed by atoms with Gasteiger partial charge in [-0.1, -0.05) is 6.07 Å². The summed E-state index contributed by atoms with van der Waals surface area (Å²) in [5.41, 5.74) is 4.61. The molecule has 0 atom stereocenters. The second-order valence-corrected chi connectivity index (χ2v) is 4.57. The zero-order chi connectivity index (χ0) is 15.5. The quantitative estimate of drug-likeness (QED) is 0.338. The van der Waals surface area contributed by atoms with Crippen LogP contribution in [0.2, 0.25) is 0 Å². The molecule has 0 amide bonds. The van der Waals surface area contributed by atoms with Gasteiger partial charge >= 0.3 is 6.18 Å². The molecule has 1 aromatic rings. The normalized spacial score (nSPS) is 16.4. The first-order valence-corrected chi connectivity index (χ1v) is 6.36. The Kier molecular flexibility index (Phi) is 6.85. The maximum absolute atomic E-state index is 13.0. The minimum Gasteiger partial charge on any atom is -0.378 e. The predicted molar refractivity (Wildman–Crippen MR) is 84.5 cm³/mol. The van der Waals surface area contributed by atoms with Crippen molar-refractivity contribution in [1.29, 1.82) is 0 Å². The molecule has 1 aliphatic rings. The van der Waals surface area contributed by atoms with Crippen LogP contribution in [0.3, 0.4) is 0 Å². The highest BCUT2D eigenvalue weighted by atomic mass is 127. The molecular formula is C13H16F4IN3O. The van der Waals surface area contributed by atoms with Crippen LogP contribution in [0.1, 0.15) is 11.1 Å². The van der Waals surface area contributed by atoms with Crippen LogP contribution < -0.4 is 5.73 Å². The Bertz CT molecular complexity index is 531. The van der Waals surface area contributed by atoms with Crippen LogP contribution in [0.25, 0.3) is 0 Å². The van der Waals surface area contributed by atoms with E-state index in [1.54, 1.807) is 4.90 Å². The van der Waals surface area contributed by atoms with Gasteiger partial charge in [0.2, 0.25) is 0 Å². The van der Waals surface area contributed by atoms with E-state index in [0.29, 0.717) is 32.4 Å². The van der Waals surface area contributed by atoms with Gasteiger partial charge in [-0.25, -0.2) is 9.38 Å². The molecule has 0 saturated carbocycles. The van der Waals surface area contributed by atoms with Gasteiger partial charge in [-0.3, -0.25) is 0 Å². The Balaban J connectivity index is 0.00000242. The monoisotopic (exact) mass is 433 g/mol. The van der Waals surface area contributed by atoms with Gasteiger partial charge in [0.25, 0.3) is 0 Å². The molecule has 1 aliphatic heterocycles. The molecule has 0 aromatic heterocycles. The number of nitrogens with two attached hydrogens (primary N) is 1. The molecule has 9 heteroatoms. The summed E-state index contributed by atoms with van der Waals surface area (Å²) < 4.78 is 56.6. The number of halogens is 5. The van der Waals surface area contributed by atoms with Crippen LogP contribution in [-0.2, 0) is 17.5 Å². The van der Waals surface area contributed by atoms with Gasteiger partial charge < -0.3 is 15.4 Å². The summed E-state index contributed by atoms with van der Waals surface area (Å²) >= 11 is 0. The lowest BCUT2D eigenvalue weighted by Crippen LogP contribution is -2.44. The van der Waals surface area contributed by atoms with E-state index in [-0.39, 0.29) is 42.0 Å². The first-order chi connectivity index (χ1) is 9.88. The fraction of sp³-hybridized carbons (Fsp3) is 0.462. The SMILES string of the molecule is I.NC(=NCc1ccc(F)cc1C(F)(F)F)N1CCOCC1. The molecule has 0 spiro atoms. The first kappa shape index (κ1) is 18.9.